The first kappa shape index (κ1) is 14.3. The summed E-state index contributed by atoms with van der Waals surface area (Å²) in [5.74, 6) is -1.72. The first-order chi connectivity index (χ1) is 9.49. The van der Waals surface area contributed by atoms with E-state index in [9.17, 15) is 13.2 Å². The van der Waals surface area contributed by atoms with Gasteiger partial charge in [-0.2, -0.15) is 0 Å². The summed E-state index contributed by atoms with van der Waals surface area (Å²) in [7, 11) is -3.82. The Balaban J connectivity index is 1.98. The SMILES string of the molecule is O=C(O)c1ccc(S(=O)(=O)NCCc2ccccc2)o1. The Morgan fingerprint density at radius 2 is 1.85 bits per heavy atom. The van der Waals surface area contributed by atoms with Gasteiger partial charge in [-0.05, 0) is 24.1 Å². The Bertz CT molecular complexity index is 691. The molecular formula is C13H13NO5S. The Morgan fingerprint density at radius 1 is 1.15 bits per heavy atom. The van der Waals surface area contributed by atoms with Crippen molar-refractivity contribution >= 4 is 16.0 Å². The van der Waals surface area contributed by atoms with Crippen LogP contribution in [-0.2, 0) is 16.4 Å². The Kier molecular flexibility index (Phi) is 4.21. The molecule has 0 saturated heterocycles. The average Bonchev–Trinajstić information content (AvgIpc) is 2.90. The first-order valence-corrected chi connectivity index (χ1v) is 7.34. The van der Waals surface area contributed by atoms with Gasteiger partial charge in [0, 0.05) is 6.54 Å². The molecule has 0 aliphatic rings. The average molecular weight is 295 g/mol. The number of carboxylic acid groups (broad SMARTS) is 1. The number of hydrogen-bond donors (Lipinski definition) is 2. The fourth-order valence-electron chi connectivity index (χ4n) is 1.63. The van der Waals surface area contributed by atoms with Gasteiger partial charge in [-0.3, -0.25) is 0 Å². The molecule has 0 aliphatic heterocycles. The van der Waals surface area contributed by atoms with Gasteiger partial charge in [0.2, 0.25) is 10.9 Å². The molecule has 0 saturated carbocycles. The van der Waals surface area contributed by atoms with E-state index in [0.717, 1.165) is 17.7 Å². The molecule has 0 radical (unpaired) electrons. The van der Waals surface area contributed by atoms with E-state index in [4.69, 9.17) is 9.52 Å². The van der Waals surface area contributed by atoms with E-state index in [2.05, 4.69) is 4.72 Å². The Hall–Kier alpha value is -2.12. The van der Waals surface area contributed by atoms with E-state index in [1.54, 1.807) is 0 Å². The van der Waals surface area contributed by atoms with Crippen LogP contribution in [0.15, 0.2) is 52.0 Å². The Labute approximate surface area is 116 Å². The van der Waals surface area contributed by atoms with Gasteiger partial charge in [0.15, 0.2) is 0 Å². The zero-order valence-corrected chi connectivity index (χ0v) is 11.3. The highest BCUT2D eigenvalue weighted by molar-refractivity contribution is 7.89. The maximum absolute atomic E-state index is 11.9. The van der Waals surface area contributed by atoms with Gasteiger partial charge in [-0.1, -0.05) is 30.3 Å². The van der Waals surface area contributed by atoms with Crippen LogP contribution in [0, 0.1) is 0 Å². The van der Waals surface area contributed by atoms with Crippen molar-refractivity contribution in [2.24, 2.45) is 0 Å². The second-order valence-corrected chi connectivity index (χ2v) is 5.76. The minimum absolute atomic E-state index is 0.204. The molecule has 6 nitrogen and oxygen atoms in total. The number of furan rings is 1. The lowest BCUT2D eigenvalue weighted by atomic mass is 10.2. The standard InChI is InChI=1S/C13H13NO5S/c15-13(16)11-6-7-12(19-11)20(17,18)14-9-8-10-4-2-1-3-5-10/h1-7,14H,8-9H2,(H,15,16). The molecule has 0 amide bonds. The molecule has 0 fully saturated rings. The summed E-state index contributed by atoms with van der Waals surface area (Å²) in [6.45, 7) is 0.204. The molecule has 0 unspecified atom stereocenters. The van der Waals surface area contributed by atoms with Crippen LogP contribution in [0.3, 0.4) is 0 Å². The molecule has 1 aromatic carbocycles. The number of rotatable bonds is 6. The van der Waals surface area contributed by atoms with E-state index in [1.807, 2.05) is 30.3 Å². The first-order valence-electron chi connectivity index (χ1n) is 5.86. The number of carboxylic acids is 1. The van der Waals surface area contributed by atoms with Gasteiger partial charge in [0.05, 0.1) is 0 Å². The smallest absolute Gasteiger partial charge is 0.371 e. The predicted molar refractivity (Wildman–Crippen MR) is 71.0 cm³/mol. The van der Waals surface area contributed by atoms with E-state index in [1.165, 1.54) is 0 Å². The fourth-order valence-corrected chi connectivity index (χ4v) is 2.58. The van der Waals surface area contributed by atoms with Crippen molar-refractivity contribution in [1.82, 2.24) is 4.72 Å². The molecule has 2 rings (SSSR count). The molecular weight excluding hydrogens is 282 g/mol. The Morgan fingerprint density at radius 3 is 2.45 bits per heavy atom. The summed E-state index contributed by atoms with van der Waals surface area (Å²) in [5, 5.41) is 8.28. The van der Waals surface area contributed by atoms with Gasteiger partial charge in [-0.25, -0.2) is 17.9 Å². The topological polar surface area (TPSA) is 96.6 Å². The second kappa shape index (κ2) is 5.89. The highest BCUT2D eigenvalue weighted by Gasteiger charge is 2.20. The molecule has 1 aromatic heterocycles. The number of aromatic carboxylic acids is 1. The molecule has 0 bridgehead atoms. The van der Waals surface area contributed by atoms with Crippen molar-refractivity contribution < 1.29 is 22.7 Å². The summed E-state index contributed by atoms with van der Waals surface area (Å²) in [6.07, 6.45) is 0.534. The third-order valence-corrected chi connectivity index (χ3v) is 3.94. The quantitative estimate of drug-likeness (QED) is 0.841. The van der Waals surface area contributed by atoms with Crippen LogP contribution in [0.1, 0.15) is 16.1 Å². The minimum atomic E-state index is -3.82. The molecule has 1 heterocycles. The largest absolute Gasteiger partial charge is 0.475 e. The lowest BCUT2D eigenvalue weighted by Crippen LogP contribution is -2.25. The summed E-state index contributed by atoms with van der Waals surface area (Å²) < 4.78 is 30.8. The highest BCUT2D eigenvalue weighted by atomic mass is 32.2. The van der Waals surface area contributed by atoms with Crippen LogP contribution < -0.4 is 4.72 Å². The van der Waals surface area contributed by atoms with E-state index >= 15 is 0 Å². The number of nitrogens with one attached hydrogen (secondary N) is 1. The third kappa shape index (κ3) is 3.46. The van der Waals surface area contributed by atoms with Gasteiger partial charge < -0.3 is 9.52 Å². The van der Waals surface area contributed by atoms with E-state index in [0.29, 0.717) is 6.42 Å². The number of carbonyl (C=O) groups is 1. The van der Waals surface area contributed by atoms with Crippen molar-refractivity contribution in [3.05, 3.63) is 53.8 Å². The lowest BCUT2D eigenvalue weighted by molar-refractivity contribution is 0.0656. The maximum atomic E-state index is 11.9. The van der Waals surface area contributed by atoms with Crippen LogP contribution in [-0.4, -0.2) is 26.0 Å². The van der Waals surface area contributed by atoms with E-state index < -0.39 is 26.8 Å². The summed E-state index contributed by atoms with van der Waals surface area (Å²) in [6, 6.07) is 11.6. The normalized spacial score (nSPS) is 11.4. The number of sulfonamides is 1. The van der Waals surface area contributed by atoms with Crippen LogP contribution in [0.5, 0.6) is 0 Å². The zero-order valence-electron chi connectivity index (χ0n) is 10.4. The minimum Gasteiger partial charge on any atom is -0.475 e. The maximum Gasteiger partial charge on any atom is 0.371 e. The molecule has 2 aromatic rings. The summed E-state index contributed by atoms with van der Waals surface area (Å²) in [5.41, 5.74) is 1.00. The zero-order chi connectivity index (χ0) is 14.6. The summed E-state index contributed by atoms with van der Waals surface area (Å²) >= 11 is 0. The predicted octanol–water partition coefficient (Wildman–Crippen LogP) is 1.50. The third-order valence-electron chi connectivity index (χ3n) is 2.61. The van der Waals surface area contributed by atoms with Crippen molar-refractivity contribution in [2.45, 2.75) is 11.5 Å². The summed E-state index contributed by atoms with van der Waals surface area (Å²) in [4.78, 5) is 10.6. The highest BCUT2D eigenvalue weighted by Crippen LogP contribution is 2.13. The van der Waals surface area contributed by atoms with Crippen molar-refractivity contribution in [2.75, 3.05) is 6.54 Å². The molecule has 0 aliphatic carbocycles. The lowest BCUT2D eigenvalue weighted by Gasteiger charge is -2.04. The fraction of sp³-hybridized carbons (Fsp3) is 0.154. The van der Waals surface area contributed by atoms with Gasteiger partial charge >= 0.3 is 5.97 Å². The molecule has 0 spiro atoms. The second-order valence-electron chi connectivity index (χ2n) is 4.06. The number of benzene rings is 1. The van der Waals surface area contributed by atoms with Crippen LogP contribution in [0.4, 0.5) is 0 Å². The van der Waals surface area contributed by atoms with Crippen LogP contribution >= 0.6 is 0 Å². The van der Waals surface area contributed by atoms with Gasteiger partial charge in [0.1, 0.15) is 0 Å². The number of hydrogen-bond acceptors (Lipinski definition) is 4. The van der Waals surface area contributed by atoms with Crippen molar-refractivity contribution in [3.8, 4) is 0 Å². The molecule has 106 valence electrons. The molecule has 20 heavy (non-hydrogen) atoms. The molecule has 2 N–H and O–H groups in total. The molecule has 0 atom stereocenters. The van der Waals surface area contributed by atoms with Gasteiger partial charge in [0.25, 0.3) is 10.0 Å². The van der Waals surface area contributed by atoms with Crippen LogP contribution in [0.2, 0.25) is 0 Å². The van der Waals surface area contributed by atoms with Crippen LogP contribution in [0.25, 0.3) is 0 Å². The van der Waals surface area contributed by atoms with Crippen molar-refractivity contribution in [1.29, 1.82) is 0 Å². The van der Waals surface area contributed by atoms with E-state index in [-0.39, 0.29) is 6.54 Å². The van der Waals surface area contributed by atoms with Gasteiger partial charge in [-0.15, -0.1) is 0 Å². The molecule has 7 heteroatoms. The monoisotopic (exact) mass is 295 g/mol. The van der Waals surface area contributed by atoms with Crippen molar-refractivity contribution in [3.63, 3.8) is 0 Å².